The maximum absolute atomic E-state index is 12.4. The number of nitrogen functional groups attached to an aromatic ring is 1. The van der Waals surface area contributed by atoms with Crippen LogP contribution in [0.4, 0.5) is 19.1 Å². The van der Waals surface area contributed by atoms with Crippen molar-refractivity contribution < 1.29 is 13.2 Å². The fourth-order valence-electron chi connectivity index (χ4n) is 0.938. The molecule has 0 aromatic carbocycles. The number of rotatable bonds is 3. The summed E-state index contributed by atoms with van der Waals surface area (Å²) < 4.78 is 37.2. The topological polar surface area (TPSA) is 51.8 Å². The average molecular weight is 251 g/mol. The third-order valence-corrected chi connectivity index (χ3v) is 3.09. The summed E-state index contributed by atoms with van der Waals surface area (Å²) in [6, 6.07) is 0.924. The van der Waals surface area contributed by atoms with Gasteiger partial charge in [0.1, 0.15) is 5.03 Å². The Morgan fingerprint density at radius 3 is 2.56 bits per heavy atom. The summed E-state index contributed by atoms with van der Waals surface area (Å²) in [7, 11) is 0. The van der Waals surface area contributed by atoms with E-state index in [4.69, 9.17) is 5.73 Å². The van der Waals surface area contributed by atoms with Crippen molar-refractivity contribution in [2.24, 2.45) is 0 Å². The van der Waals surface area contributed by atoms with Crippen LogP contribution in [0.5, 0.6) is 0 Å². The fraction of sp³-hybridized carbons (Fsp3) is 0.556. The van der Waals surface area contributed by atoms with Gasteiger partial charge in [0.25, 0.3) is 0 Å². The molecule has 0 fully saturated rings. The van der Waals surface area contributed by atoms with Crippen LogP contribution in [0.15, 0.2) is 11.1 Å². The predicted octanol–water partition coefficient (Wildman–Crippen LogP) is 2.97. The van der Waals surface area contributed by atoms with Crippen molar-refractivity contribution in [1.82, 2.24) is 9.97 Å². The number of anilines is 1. The van der Waals surface area contributed by atoms with E-state index in [2.05, 4.69) is 9.97 Å². The molecule has 16 heavy (non-hydrogen) atoms. The molecule has 3 nitrogen and oxygen atoms in total. The Morgan fingerprint density at radius 2 is 2.06 bits per heavy atom. The lowest BCUT2D eigenvalue weighted by atomic mass is 10.4. The van der Waals surface area contributed by atoms with Gasteiger partial charge in [-0.15, -0.1) is 11.8 Å². The molecule has 1 aromatic heterocycles. The van der Waals surface area contributed by atoms with E-state index in [0.29, 0.717) is 0 Å². The predicted molar refractivity (Wildman–Crippen MR) is 57.1 cm³/mol. The Morgan fingerprint density at radius 1 is 1.44 bits per heavy atom. The molecule has 0 bridgehead atoms. The van der Waals surface area contributed by atoms with Gasteiger partial charge < -0.3 is 5.73 Å². The van der Waals surface area contributed by atoms with E-state index in [1.165, 1.54) is 11.8 Å². The summed E-state index contributed by atoms with van der Waals surface area (Å²) in [4.78, 5) is 6.93. The second-order valence-corrected chi connectivity index (χ2v) is 4.74. The van der Waals surface area contributed by atoms with E-state index in [-0.39, 0.29) is 16.2 Å². The van der Waals surface area contributed by atoms with Crippen LogP contribution in [0.3, 0.4) is 0 Å². The summed E-state index contributed by atoms with van der Waals surface area (Å²) in [5, 5.41) is 0.449. The second kappa shape index (κ2) is 4.90. The molecule has 0 amide bonds. The quantitative estimate of drug-likeness (QED) is 0.662. The Balaban J connectivity index is 2.99. The molecule has 0 saturated carbocycles. The summed E-state index contributed by atoms with van der Waals surface area (Å²) in [5.41, 5.74) is 4.24. The normalized spacial score (nSPS) is 13.8. The Kier molecular flexibility index (Phi) is 4.01. The smallest absolute Gasteiger partial charge is 0.368 e. The number of nitrogens with two attached hydrogens (primary N) is 1. The lowest BCUT2D eigenvalue weighted by Gasteiger charge is -2.10. The molecule has 0 aliphatic carbocycles. The van der Waals surface area contributed by atoms with E-state index < -0.39 is 11.9 Å². The fourth-order valence-corrected chi connectivity index (χ4v) is 1.84. The molecule has 1 heterocycles. The highest BCUT2D eigenvalue weighted by molar-refractivity contribution is 7.99. The van der Waals surface area contributed by atoms with Crippen molar-refractivity contribution in [1.29, 1.82) is 0 Å². The largest absolute Gasteiger partial charge is 0.433 e. The molecule has 7 heteroatoms. The lowest BCUT2D eigenvalue weighted by molar-refractivity contribution is -0.141. The van der Waals surface area contributed by atoms with Crippen LogP contribution in [0.2, 0.25) is 0 Å². The third-order valence-electron chi connectivity index (χ3n) is 1.91. The summed E-state index contributed by atoms with van der Waals surface area (Å²) >= 11 is 1.26. The van der Waals surface area contributed by atoms with Crippen LogP contribution in [0.1, 0.15) is 26.0 Å². The van der Waals surface area contributed by atoms with Gasteiger partial charge in [0, 0.05) is 11.3 Å². The van der Waals surface area contributed by atoms with Gasteiger partial charge in [0.15, 0.2) is 5.69 Å². The third kappa shape index (κ3) is 3.55. The first-order valence-corrected chi connectivity index (χ1v) is 5.59. The van der Waals surface area contributed by atoms with Crippen molar-refractivity contribution in [3.63, 3.8) is 0 Å². The maximum atomic E-state index is 12.4. The molecule has 0 aliphatic heterocycles. The van der Waals surface area contributed by atoms with Gasteiger partial charge in [0.2, 0.25) is 5.95 Å². The van der Waals surface area contributed by atoms with Gasteiger partial charge in [-0.2, -0.15) is 13.2 Å². The Bertz CT molecular complexity index is 368. The number of thioether (sulfide) groups is 1. The van der Waals surface area contributed by atoms with Crippen LogP contribution >= 0.6 is 11.8 Å². The highest BCUT2D eigenvalue weighted by Gasteiger charge is 2.33. The van der Waals surface area contributed by atoms with E-state index in [1.54, 1.807) is 0 Å². The molecule has 90 valence electrons. The number of aromatic nitrogens is 2. The van der Waals surface area contributed by atoms with Gasteiger partial charge in [0.05, 0.1) is 0 Å². The standard InChI is InChI=1S/C9H12F3N3S/c1-3-5(2)16-7-4-6(9(10,11)12)14-8(13)15-7/h4-5H,3H2,1-2H3,(H2,13,14,15). The van der Waals surface area contributed by atoms with E-state index in [9.17, 15) is 13.2 Å². The van der Waals surface area contributed by atoms with Crippen molar-refractivity contribution in [3.05, 3.63) is 11.8 Å². The molecule has 0 saturated heterocycles. The molecular formula is C9H12F3N3S. The van der Waals surface area contributed by atoms with Crippen LogP contribution in [-0.2, 0) is 6.18 Å². The molecular weight excluding hydrogens is 239 g/mol. The van der Waals surface area contributed by atoms with Crippen LogP contribution in [0.25, 0.3) is 0 Å². The summed E-state index contributed by atoms with van der Waals surface area (Å²) in [6.07, 6.45) is -3.64. The van der Waals surface area contributed by atoms with Gasteiger partial charge in [-0.05, 0) is 6.42 Å². The molecule has 0 aliphatic rings. The Labute approximate surface area is 95.7 Å². The number of halogens is 3. The highest BCUT2D eigenvalue weighted by atomic mass is 32.2. The first kappa shape index (κ1) is 13.1. The maximum Gasteiger partial charge on any atom is 0.433 e. The van der Waals surface area contributed by atoms with Crippen LogP contribution in [0, 0.1) is 0 Å². The van der Waals surface area contributed by atoms with Gasteiger partial charge in [-0.25, -0.2) is 9.97 Å². The molecule has 0 spiro atoms. The highest BCUT2D eigenvalue weighted by Crippen LogP contribution is 2.31. The molecule has 0 radical (unpaired) electrons. The van der Waals surface area contributed by atoms with Crippen molar-refractivity contribution in [2.45, 2.75) is 36.7 Å². The number of nitrogens with zero attached hydrogens (tertiary/aromatic N) is 2. The molecule has 1 aromatic rings. The van der Waals surface area contributed by atoms with E-state index in [0.717, 1.165) is 12.5 Å². The molecule has 2 N–H and O–H groups in total. The van der Waals surface area contributed by atoms with Gasteiger partial charge in [-0.3, -0.25) is 0 Å². The minimum Gasteiger partial charge on any atom is -0.368 e. The molecule has 1 unspecified atom stereocenters. The van der Waals surface area contributed by atoms with E-state index in [1.807, 2.05) is 13.8 Å². The SMILES string of the molecule is CCC(C)Sc1cc(C(F)(F)F)nc(N)n1. The number of alkyl halides is 3. The van der Waals surface area contributed by atoms with Crippen molar-refractivity contribution >= 4 is 17.7 Å². The van der Waals surface area contributed by atoms with E-state index >= 15 is 0 Å². The summed E-state index contributed by atoms with van der Waals surface area (Å²) in [6.45, 7) is 3.86. The zero-order chi connectivity index (χ0) is 12.3. The summed E-state index contributed by atoms with van der Waals surface area (Å²) in [5.74, 6) is -0.347. The van der Waals surface area contributed by atoms with Gasteiger partial charge >= 0.3 is 6.18 Å². The minimum absolute atomic E-state index is 0.190. The number of hydrogen-bond acceptors (Lipinski definition) is 4. The zero-order valence-electron chi connectivity index (χ0n) is 8.88. The lowest BCUT2D eigenvalue weighted by Crippen LogP contribution is -2.11. The minimum atomic E-state index is -4.48. The molecule has 1 atom stereocenters. The number of hydrogen-bond donors (Lipinski definition) is 1. The monoisotopic (exact) mass is 251 g/mol. The average Bonchev–Trinajstić information content (AvgIpc) is 2.15. The second-order valence-electron chi connectivity index (χ2n) is 3.28. The van der Waals surface area contributed by atoms with Gasteiger partial charge in [-0.1, -0.05) is 13.8 Å². The van der Waals surface area contributed by atoms with Crippen molar-refractivity contribution in [2.75, 3.05) is 5.73 Å². The zero-order valence-corrected chi connectivity index (χ0v) is 9.69. The first-order valence-electron chi connectivity index (χ1n) is 4.71. The van der Waals surface area contributed by atoms with Crippen LogP contribution in [-0.4, -0.2) is 15.2 Å². The van der Waals surface area contributed by atoms with Crippen LogP contribution < -0.4 is 5.73 Å². The van der Waals surface area contributed by atoms with Crippen molar-refractivity contribution in [3.8, 4) is 0 Å². The Hall–Kier alpha value is -0.980. The first-order chi connectivity index (χ1) is 7.32. The molecule has 1 rings (SSSR count).